The number of rotatable bonds is 6. The molecule has 2 aromatic rings. The maximum absolute atomic E-state index is 13.1. The Morgan fingerprint density at radius 2 is 1.77 bits per heavy atom. The van der Waals surface area contributed by atoms with E-state index in [9.17, 15) is 17.6 Å². The van der Waals surface area contributed by atoms with E-state index in [0.717, 1.165) is 37.2 Å². The minimum Gasteiger partial charge on any atom is -0.361 e. The minimum absolute atomic E-state index is 0.0829. The lowest BCUT2D eigenvalue weighted by Crippen LogP contribution is -2.40. The van der Waals surface area contributed by atoms with Crippen molar-refractivity contribution < 1.29 is 17.6 Å². The maximum atomic E-state index is 13.1. The van der Waals surface area contributed by atoms with Crippen LogP contribution in [0.5, 0.6) is 0 Å². The molecule has 4 rings (SSSR count). The Kier molecular flexibility index (Phi) is 5.79. The zero-order valence-electron chi connectivity index (χ0n) is 17.9. The molecule has 0 aromatic heterocycles. The third-order valence-electron chi connectivity index (χ3n) is 6.10. The molecule has 2 heterocycles. The molecule has 0 bridgehead atoms. The first-order valence-corrected chi connectivity index (χ1v) is 12.1. The average molecular weight is 446 g/mol. The molecule has 31 heavy (non-hydrogen) atoms. The lowest BCUT2D eigenvalue weighted by molar-refractivity contribution is -0.128. The molecule has 0 atom stereocenters. The minimum atomic E-state index is -3.73. The van der Waals surface area contributed by atoms with E-state index in [4.69, 9.17) is 0 Å². The van der Waals surface area contributed by atoms with Gasteiger partial charge >= 0.3 is 0 Å². The quantitative estimate of drug-likeness (QED) is 0.742. The van der Waals surface area contributed by atoms with Crippen molar-refractivity contribution in [3.63, 3.8) is 0 Å². The van der Waals surface area contributed by atoms with Crippen molar-refractivity contribution in [3.8, 4) is 0 Å². The number of hydrogen-bond acceptors (Lipinski definition) is 4. The Morgan fingerprint density at radius 1 is 1.10 bits per heavy atom. The second-order valence-electron chi connectivity index (χ2n) is 8.96. The molecule has 2 aliphatic heterocycles. The predicted molar refractivity (Wildman–Crippen MR) is 118 cm³/mol. The summed E-state index contributed by atoms with van der Waals surface area (Å²) in [7, 11) is -3.73. The largest absolute Gasteiger partial charge is 0.361 e. The molecule has 2 aromatic carbocycles. The highest BCUT2D eigenvalue weighted by Gasteiger charge is 2.37. The van der Waals surface area contributed by atoms with E-state index in [1.807, 2.05) is 4.90 Å². The van der Waals surface area contributed by atoms with Crippen molar-refractivity contribution >= 4 is 21.6 Å². The zero-order chi connectivity index (χ0) is 22.2. The second kappa shape index (κ2) is 8.24. The number of likely N-dealkylation sites (tertiary alicyclic amines) is 1. The van der Waals surface area contributed by atoms with Crippen LogP contribution in [-0.4, -0.2) is 45.4 Å². The molecule has 1 saturated heterocycles. The Balaban J connectivity index is 1.52. The maximum Gasteiger partial charge on any atom is 0.242 e. The summed E-state index contributed by atoms with van der Waals surface area (Å²) in [6.45, 7) is 6.82. The number of anilines is 1. The van der Waals surface area contributed by atoms with Crippen molar-refractivity contribution in [2.45, 2.75) is 43.5 Å². The average Bonchev–Trinajstić information content (AvgIpc) is 3.35. The highest BCUT2D eigenvalue weighted by atomic mass is 32.2. The van der Waals surface area contributed by atoms with Crippen molar-refractivity contribution in [3.05, 3.63) is 59.4 Å². The topological polar surface area (TPSA) is 69.7 Å². The van der Waals surface area contributed by atoms with E-state index in [1.54, 1.807) is 30.3 Å². The summed E-state index contributed by atoms with van der Waals surface area (Å²) in [5, 5.41) is 0. The van der Waals surface area contributed by atoms with Gasteiger partial charge in [0.1, 0.15) is 5.82 Å². The second-order valence-corrected chi connectivity index (χ2v) is 10.7. The van der Waals surface area contributed by atoms with Crippen LogP contribution in [0.2, 0.25) is 0 Å². The summed E-state index contributed by atoms with van der Waals surface area (Å²) >= 11 is 0. The summed E-state index contributed by atoms with van der Waals surface area (Å²) in [5.41, 5.74) is 2.24. The van der Waals surface area contributed by atoms with E-state index in [1.165, 1.54) is 12.1 Å². The van der Waals surface area contributed by atoms with Gasteiger partial charge in [0.05, 0.1) is 11.4 Å². The Bertz CT molecular complexity index is 1080. The molecular weight excluding hydrogens is 417 g/mol. The van der Waals surface area contributed by atoms with Crippen LogP contribution in [0.4, 0.5) is 10.1 Å². The lowest BCUT2D eigenvalue weighted by atomic mass is 9.87. The van der Waals surface area contributed by atoms with Gasteiger partial charge in [-0.3, -0.25) is 4.79 Å². The first-order valence-electron chi connectivity index (χ1n) is 10.6. The number of carbonyl (C=O) groups is 1. The van der Waals surface area contributed by atoms with Crippen molar-refractivity contribution in [1.29, 1.82) is 0 Å². The fourth-order valence-electron chi connectivity index (χ4n) is 4.38. The van der Waals surface area contributed by atoms with E-state index >= 15 is 0 Å². The van der Waals surface area contributed by atoms with Gasteiger partial charge in [0.2, 0.25) is 15.9 Å². The number of halogens is 1. The van der Waals surface area contributed by atoms with Gasteiger partial charge in [0, 0.05) is 37.3 Å². The number of sulfonamides is 1. The van der Waals surface area contributed by atoms with E-state index in [-0.39, 0.29) is 28.6 Å². The monoisotopic (exact) mass is 445 g/mol. The predicted octanol–water partition coefficient (Wildman–Crippen LogP) is 3.02. The van der Waals surface area contributed by atoms with Gasteiger partial charge in [-0.2, -0.15) is 0 Å². The molecule has 2 aliphatic rings. The Labute approximate surface area is 183 Å². The smallest absolute Gasteiger partial charge is 0.242 e. The molecule has 1 fully saturated rings. The molecule has 0 aliphatic carbocycles. The van der Waals surface area contributed by atoms with Crippen LogP contribution < -0.4 is 9.62 Å². The molecule has 0 spiro atoms. The van der Waals surface area contributed by atoms with Crippen molar-refractivity contribution in [2.24, 2.45) is 0 Å². The summed E-state index contributed by atoms with van der Waals surface area (Å²) in [6.07, 6.45) is 2.11. The van der Waals surface area contributed by atoms with Gasteiger partial charge in [-0.25, -0.2) is 17.5 Å². The lowest BCUT2D eigenvalue weighted by Gasteiger charge is -2.24. The SMILES string of the molecule is CC1(C)CN(CC(=O)N2CCCC2)c2ccc(S(=O)(=O)NCc3ccc(F)cc3)cc21. The normalized spacial score (nSPS) is 17.8. The van der Waals surface area contributed by atoms with Crippen molar-refractivity contribution in [1.82, 2.24) is 9.62 Å². The highest BCUT2D eigenvalue weighted by molar-refractivity contribution is 7.89. The molecule has 6 nitrogen and oxygen atoms in total. The van der Waals surface area contributed by atoms with Crippen molar-refractivity contribution in [2.75, 3.05) is 31.1 Å². The zero-order valence-corrected chi connectivity index (χ0v) is 18.7. The number of nitrogens with zero attached hydrogens (tertiary/aromatic N) is 2. The number of nitrogens with one attached hydrogen (secondary N) is 1. The highest BCUT2D eigenvalue weighted by Crippen LogP contribution is 2.41. The number of amides is 1. The standard InChI is InChI=1S/C23H28FN3O3S/c1-23(2)16-27(15-22(28)26-11-3-4-12-26)21-10-9-19(13-20(21)23)31(29,30)25-14-17-5-7-18(24)8-6-17/h5-10,13,25H,3-4,11-12,14-16H2,1-2H3. The van der Waals surface area contributed by atoms with Gasteiger partial charge in [0.25, 0.3) is 0 Å². The third kappa shape index (κ3) is 4.60. The van der Waals surface area contributed by atoms with Crippen LogP contribution in [0.25, 0.3) is 0 Å². The van der Waals surface area contributed by atoms with Gasteiger partial charge < -0.3 is 9.80 Å². The van der Waals surface area contributed by atoms with Gasteiger partial charge in [-0.1, -0.05) is 26.0 Å². The molecule has 0 saturated carbocycles. The summed E-state index contributed by atoms with van der Waals surface area (Å²) in [6, 6.07) is 10.8. The van der Waals surface area contributed by atoms with Crippen LogP contribution in [0, 0.1) is 5.82 Å². The molecular formula is C23H28FN3O3S. The van der Waals surface area contributed by atoms with Crippen LogP contribution in [0.15, 0.2) is 47.4 Å². The number of fused-ring (bicyclic) bond motifs is 1. The number of hydrogen-bond donors (Lipinski definition) is 1. The molecule has 8 heteroatoms. The van der Waals surface area contributed by atoms with Gasteiger partial charge in [0.15, 0.2) is 0 Å². The fourth-order valence-corrected chi connectivity index (χ4v) is 5.43. The molecule has 166 valence electrons. The van der Waals surface area contributed by atoms with E-state index < -0.39 is 10.0 Å². The van der Waals surface area contributed by atoms with Crippen LogP contribution in [-0.2, 0) is 26.8 Å². The van der Waals surface area contributed by atoms with Gasteiger partial charge in [-0.15, -0.1) is 0 Å². The molecule has 1 amide bonds. The Morgan fingerprint density at radius 3 is 2.45 bits per heavy atom. The number of benzene rings is 2. The first kappa shape index (κ1) is 21.8. The molecule has 1 N–H and O–H groups in total. The molecule has 0 unspecified atom stereocenters. The van der Waals surface area contributed by atoms with Crippen LogP contribution in [0.3, 0.4) is 0 Å². The van der Waals surface area contributed by atoms with Crippen LogP contribution in [0.1, 0.15) is 37.8 Å². The van der Waals surface area contributed by atoms with Gasteiger partial charge in [-0.05, 0) is 54.3 Å². The van der Waals surface area contributed by atoms with E-state index in [0.29, 0.717) is 18.7 Å². The fraction of sp³-hybridized carbons (Fsp3) is 0.435. The number of carbonyl (C=O) groups excluding carboxylic acids is 1. The summed E-state index contributed by atoms with van der Waals surface area (Å²) in [4.78, 5) is 16.8. The Hall–Kier alpha value is -2.45. The molecule has 0 radical (unpaired) electrons. The first-order chi connectivity index (χ1) is 14.7. The van der Waals surface area contributed by atoms with Crippen LogP contribution >= 0.6 is 0 Å². The summed E-state index contributed by atoms with van der Waals surface area (Å²) < 4.78 is 41.4. The third-order valence-corrected chi connectivity index (χ3v) is 7.50. The summed E-state index contributed by atoms with van der Waals surface area (Å²) in [5.74, 6) is -0.237. The van der Waals surface area contributed by atoms with E-state index in [2.05, 4.69) is 23.5 Å².